The highest BCUT2D eigenvalue weighted by Gasteiger charge is 2.21. The second kappa shape index (κ2) is 10.8. The van der Waals surface area contributed by atoms with Gasteiger partial charge in [0.1, 0.15) is 0 Å². The minimum Gasteiger partial charge on any atom is -0.309 e. The maximum atomic E-state index is 2.45. The third kappa shape index (κ3) is 4.06. The summed E-state index contributed by atoms with van der Waals surface area (Å²) < 4.78 is 7.26. The summed E-state index contributed by atoms with van der Waals surface area (Å²) >= 11 is 0. The van der Waals surface area contributed by atoms with Gasteiger partial charge < -0.3 is 13.7 Å². The molecule has 238 valence electrons. The van der Waals surface area contributed by atoms with Crippen molar-refractivity contribution in [1.82, 2.24) is 13.7 Å². The molecule has 0 amide bonds. The van der Waals surface area contributed by atoms with E-state index in [0.29, 0.717) is 0 Å². The lowest BCUT2D eigenvalue weighted by molar-refractivity contribution is 1.17. The van der Waals surface area contributed by atoms with E-state index in [0.717, 1.165) is 5.69 Å². The Balaban J connectivity index is 1.15. The van der Waals surface area contributed by atoms with Crippen LogP contribution in [0.15, 0.2) is 188 Å². The monoisotopic (exact) mass is 649 g/mol. The lowest BCUT2D eigenvalue weighted by Gasteiger charge is -2.12. The summed E-state index contributed by atoms with van der Waals surface area (Å²) in [6.07, 6.45) is 0. The predicted molar refractivity (Wildman–Crippen MR) is 215 cm³/mol. The van der Waals surface area contributed by atoms with Crippen molar-refractivity contribution < 1.29 is 0 Å². The molecule has 0 aliphatic heterocycles. The van der Waals surface area contributed by atoms with Crippen LogP contribution in [-0.4, -0.2) is 13.7 Å². The van der Waals surface area contributed by atoms with Gasteiger partial charge in [-0.25, -0.2) is 0 Å². The molecule has 11 rings (SSSR count). The summed E-state index contributed by atoms with van der Waals surface area (Å²) in [6, 6.07) is 68.4. The summed E-state index contributed by atoms with van der Waals surface area (Å²) in [7, 11) is 0. The second-order valence-corrected chi connectivity index (χ2v) is 13.4. The highest BCUT2D eigenvalue weighted by atomic mass is 15.0. The predicted octanol–water partition coefficient (Wildman–Crippen LogP) is 12.6. The largest absolute Gasteiger partial charge is 0.309 e. The van der Waals surface area contributed by atoms with Crippen LogP contribution in [0.5, 0.6) is 0 Å². The number of para-hydroxylation sites is 5. The molecule has 3 heterocycles. The lowest BCUT2D eigenvalue weighted by Crippen LogP contribution is -1.95. The fraction of sp³-hybridized carbons (Fsp3) is 0. The number of benzene rings is 8. The number of hydrogen-bond donors (Lipinski definition) is 0. The Labute approximate surface area is 294 Å². The Kier molecular flexibility index (Phi) is 5.96. The summed E-state index contributed by atoms with van der Waals surface area (Å²) in [6.45, 7) is 0. The van der Waals surface area contributed by atoms with E-state index < -0.39 is 0 Å². The van der Waals surface area contributed by atoms with Gasteiger partial charge >= 0.3 is 0 Å². The molecule has 3 nitrogen and oxygen atoms in total. The molecule has 0 bridgehead atoms. The van der Waals surface area contributed by atoms with Crippen LogP contribution in [-0.2, 0) is 0 Å². The molecule has 51 heavy (non-hydrogen) atoms. The quantitative estimate of drug-likeness (QED) is 0.180. The molecule has 3 aromatic heterocycles. The first-order valence-corrected chi connectivity index (χ1v) is 17.5. The van der Waals surface area contributed by atoms with E-state index in [1.807, 2.05) is 0 Å². The summed E-state index contributed by atoms with van der Waals surface area (Å²) in [5.74, 6) is 0. The molecule has 0 unspecified atom stereocenters. The standard InChI is InChI=1S/C48H31N3/c1-3-15-34(16-4-1)49-42-23-10-8-21-38(42)41-31-33(26-28-45(41)49)32-14-13-19-36(30-32)50-44-25-12-9-22-40(44)47-46(50)29-27-39-37-20-7-11-24-43(37)51(48(39)47)35-17-5-2-6-18-35/h1-31H. The maximum absolute atomic E-state index is 2.45. The van der Waals surface area contributed by atoms with Crippen molar-refractivity contribution in [3.63, 3.8) is 0 Å². The maximum Gasteiger partial charge on any atom is 0.0641 e. The van der Waals surface area contributed by atoms with E-state index in [1.165, 1.54) is 87.9 Å². The Morgan fingerprint density at radius 1 is 0.255 bits per heavy atom. The van der Waals surface area contributed by atoms with E-state index in [9.17, 15) is 0 Å². The van der Waals surface area contributed by atoms with Gasteiger partial charge in [0.15, 0.2) is 0 Å². The number of nitrogens with zero attached hydrogens (tertiary/aromatic N) is 3. The minimum absolute atomic E-state index is 1.15. The molecule has 3 heteroatoms. The van der Waals surface area contributed by atoms with E-state index in [2.05, 4.69) is 202 Å². The molecule has 11 aromatic rings. The number of fused-ring (bicyclic) bond motifs is 10. The molecule has 0 atom stereocenters. The van der Waals surface area contributed by atoms with Gasteiger partial charge in [-0.1, -0.05) is 115 Å². The molecule has 0 aliphatic carbocycles. The van der Waals surface area contributed by atoms with Crippen molar-refractivity contribution in [2.75, 3.05) is 0 Å². The van der Waals surface area contributed by atoms with Crippen molar-refractivity contribution in [2.24, 2.45) is 0 Å². The first kappa shape index (κ1) is 28.0. The molecule has 0 spiro atoms. The van der Waals surface area contributed by atoms with E-state index >= 15 is 0 Å². The van der Waals surface area contributed by atoms with Gasteiger partial charge in [0, 0.05) is 49.4 Å². The van der Waals surface area contributed by atoms with Gasteiger partial charge in [-0.05, 0) is 83.9 Å². The normalized spacial score (nSPS) is 11.9. The van der Waals surface area contributed by atoms with E-state index in [-0.39, 0.29) is 0 Å². The Hall–Kier alpha value is -6.84. The van der Waals surface area contributed by atoms with Crippen LogP contribution in [0.4, 0.5) is 0 Å². The number of hydrogen-bond acceptors (Lipinski definition) is 0. The van der Waals surface area contributed by atoms with E-state index in [1.54, 1.807) is 0 Å². The van der Waals surface area contributed by atoms with Crippen LogP contribution in [0, 0.1) is 0 Å². The zero-order valence-corrected chi connectivity index (χ0v) is 27.7. The first-order valence-electron chi connectivity index (χ1n) is 17.5. The van der Waals surface area contributed by atoms with Crippen LogP contribution in [0.25, 0.3) is 93.6 Å². The SMILES string of the molecule is c1ccc(-n2c3ccccc3c3cc(-c4cccc(-n5c6ccccc6c6c5ccc5c7ccccc7n(-c7ccccc7)c56)c4)ccc32)cc1. The van der Waals surface area contributed by atoms with Crippen LogP contribution in [0.2, 0.25) is 0 Å². The van der Waals surface area contributed by atoms with Gasteiger partial charge in [0.2, 0.25) is 0 Å². The number of rotatable bonds is 4. The molecular weight excluding hydrogens is 619 g/mol. The topological polar surface area (TPSA) is 14.8 Å². The second-order valence-electron chi connectivity index (χ2n) is 13.4. The van der Waals surface area contributed by atoms with E-state index in [4.69, 9.17) is 0 Å². The molecule has 8 aromatic carbocycles. The highest BCUT2D eigenvalue weighted by Crippen LogP contribution is 2.42. The van der Waals surface area contributed by atoms with Crippen molar-refractivity contribution in [1.29, 1.82) is 0 Å². The Bertz CT molecular complexity index is 3120. The van der Waals surface area contributed by atoms with Crippen molar-refractivity contribution in [3.05, 3.63) is 188 Å². The molecule has 0 saturated carbocycles. The summed E-state index contributed by atoms with van der Waals surface area (Å²) in [4.78, 5) is 0. The van der Waals surface area contributed by atoms with Crippen LogP contribution in [0.1, 0.15) is 0 Å². The van der Waals surface area contributed by atoms with Crippen LogP contribution < -0.4 is 0 Å². The van der Waals surface area contributed by atoms with Crippen molar-refractivity contribution in [2.45, 2.75) is 0 Å². The molecule has 0 saturated heterocycles. The fourth-order valence-electron chi connectivity index (χ4n) is 8.46. The summed E-state index contributed by atoms with van der Waals surface area (Å²) in [5.41, 5.74) is 13.2. The molecule has 0 radical (unpaired) electrons. The van der Waals surface area contributed by atoms with Crippen LogP contribution in [0.3, 0.4) is 0 Å². The zero-order chi connectivity index (χ0) is 33.5. The molecular formula is C48H31N3. The third-order valence-electron chi connectivity index (χ3n) is 10.6. The molecule has 0 fully saturated rings. The minimum atomic E-state index is 1.15. The average Bonchev–Trinajstić information content (AvgIpc) is 3.84. The number of aromatic nitrogens is 3. The Morgan fingerprint density at radius 3 is 1.47 bits per heavy atom. The fourth-order valence-corrected chi connectivity index (χ4v) is 8.46. The zero-order valence-electron chi connectivity index (χ0n) is 27.7. The smallest absolute Gasteiger partial charge is 0.0641 e. The van der Waals surface area contributed by atoms with Crippen LogP contribution >= 0.6 is 0 Å². The first-order chi connectivity index (χ1) is 25.3. The highest BCUT2D eigenvalue weighted by molar-refractivity contribution is 6.26. The van der Waals surface area contributed by atoms with Gasteiger partial charge in [0.05, 0.1) is 33.1 Å². The van der Waals surface area contributed by atoms with Gasteiger partial charge in [-0.2, -0.15) is 0 Å². The van der Waals surface area contributed by atoms with Gasteiger partial charge in [-0.3, -0.25) is 0 Å². The van der Waals surface area contributed by atoms with Crippen molar-refractivity contribution in [3.8, 4) is 28.2 Å². The molecule has 0 N–H and O–H groups in total. The van der Waals surface area contributed by atoms with Gasteiger partial charge in [0.25, 0.3) is 0 Å². The molecule has 0 aliphatic rings. The summed E-state index contributed by atoms with van der Waals surface area (Å²) in [5, 5.41) is 7.56. The van der Waals surface area contributed by atoms with Gasteiger partial charge in [-0.15, -0.1) is 0 Å². The Morgan fingerprint density at radius 2 is 0.745 bits per heavy atom. The third-order valence-corrected chi connectivity index (χ3v) is 10.6. The lowest BCUT2D eigenvalue weighted by atomic mass is 10.0. The van der Waals surface area contributed by atoms with Crippen molar-refractivity contribution >= 4 is 65.4 Å². The average molecular weight is 650 g/mol.